The van der Waals surface area contributed by atoms with Crippen LogP contribution < -0.4 is 4.84 Å². The fourth-order valence-electron chi connectivity index (χ4n) is 0.687. The Balaban J connectivity index is 2.85. The molecule has 0 aliphatic carbocycles. The van der Waals surface area contributed by atoms with E-state index in [1.807, 2.05) is 0 Å². The minimum absolute atomic E-state index is 0.340. The van der Waals surface area contributed by atoms with Crippen molar-refractivity contribution in [2.45, 2.75) is 18.2 Å². The lowest BCUT2D eigenvalue weighted by Crippen LogP contribution is -2.33. The van der Waals surface area contributed by atoms with Crippen LogP contribution >= 0.6 is 15.9 Å². The van der Waals surface area contributed by atoms with Crippen molar-refractivity contribution in [2.24, 2.45) is 0 Å². The van der Waals surface area contributed by atoms with E-state index in [-0.39, 0.29) is 11.8 Å². The van der Waals surface area contributed by atoms with Crippen LogP contribution in [0.5, 0.6) is 11.8 Å². The molecule has 0 aliphatic rings. The predicted molar refractivity (Wildman–Crippen MR) is 52.4 cm³/mol. The van der Waals surface area contributed by atoms with Crippen LogP contribution in [0.4, 0.5) is 0 Å². The summed E-state index contributed by atoms with van der Waals surface area (Å²) in [6.45, 7) is 3.18. The first-order chi connectivity index (χ1) is 6.32. The second-order valence-corrected chi connectivity index (χ2v) is 5.18. The Morgan fingerprint density at radius 2 is 1.86 bits per heavy atom. The monoisotopic (exact) mass is 263 g/mol. The van der Waals surface area contributed by atoms with Gasteiger partial charge >= 0.3 is 5.97 Å². The van der Waals surface area contributed by atoms with Crippen LogP contribution in [0.3, 0.4) is 0 Å². The summed E-state index contributed by atoms with van der Waals surface area (Å²) in [5.74, 6) is -1.31. The van der Waals surface area contributed by atoms with Crippen molar-refractivity contribution in [3.63, 3.8) is 0 Å². The lowest BCUT2D eigenvalue weighted by atomic mass is 10.2. The van der Waals surface area contributed by atoms with Crippen LogP contribution in [0.15, 0.2) is 12.1 Å². The third kappa shape index (κ3) is 2.20. The first kappa shape index (κ1) is 10.9. The van der Waals surface area contributed by atoms with Crippen LogP contribution in [-0.4, -0.2) is 25.2 Å². The molecule has 0 atom stereocenters. The zero-order valence-corrected chi connectivity index (χ0v) is 9.28. The van der Waals surface area contributed by atoms with Crippen molar-refractivity contribution < 1.29 is 19.8 Å². The van der Waals surface area contributed by atoms with Gasteiger partial charge < -0.3 is 15.1 Å². The highest BCUT2D eigenvalue weighted by Gasteiger charge is 2.27. The largest absolute Gasteiger partial charge is 0.492 e. The quantitative estimate of drug-likeness (QED) is 0.782. The molecule has 0 aliphatic heterocycles. The number of hydrogen-bond donors (Lipinski definition) is 2. The molecule has 0 saturated heterocycles. The summed E-state index contributed by atoms with van der Waals surface area (Å²) in [4.78, 5) is 16.0. The summed E-state index contributed by atoms with van der Waals surface area (Å²) >= 11 is 3.09. The third-order valence-electron chi connectivity index (χ3n) is 1.46. The SMILES string of the molecule is CC(C)(Br)C(=O)On1c(O)ccc1O. The number of carbonyl (C=O) groups is 1. The molecule has 0 spiro atoms. The molecule has 0 saturated carbocycles. The number of rotatable bonds is 2. The number of nitrogens with zero attached hydrogens (tertiary/aromatic N) is 1. The van der Waals surface area contributed by atoms with Gasteiger partial charge in [0.25, 0.3) is 0 Å². The van der Waals surface area contributed by atoms with Gasteiger partial charge in [-0.25, -0.2) is 4.79 Å². The fraction of sp³-hybridized carbons (Fsp3) is 0.375. The van der Waals surface area contributed by atoms with Gasteiger partial charge in [0.15, 0.2) is 0 Å². The number of aromatic hydroxyl groups is 2. The molecular weight excluding hydrogens is 254 g/mol. The Morgan fingerprint density at radius 1 is 1.43 bits per heavy atom. The zero-order valence-electron chi connectivity index (χ0n) is 7.69. The minimum atomic E-state index is -0.879. The van der Waals surface area contributed by atoms with Crippen molar-refractivity contribution >= 4 is 21.9 Å². The highest BCUT2D eigenvalue weighted by atomic mass is 79.9. The molecule has 0 radical (unpaired) electrons. The van der Waals surface area contributed by atoms with Gasteiger partial charge in [0.2, 0.25) is 11.8 Å². The normalized spacial score (nSPS) is 11.4. The molecule has 5 nitrogen and oxygen atoms in total. The minimum Gasteiger partial charge on any atom is -0.492 e. The van der Waals surface area contributed by atoms with E-state index < -0.39 is 10.3 Å². The number of aromatic nitrogens is 1. The van der Waals surface area contributed by atoms with Gasteiger partial charge in [0, 0.05) is 12.1 Å². The van der Waals surface area contributed by atoms with E-state index >= 15 is 0 Å². The second kappa shape index (κ2) is 3.53. The van der Waals surface area contributed by atoms with Gasteiger partial charge in [-0.05, 0) is 13.8 Å². The van der Waals surface area contributed by atoms with Crippen LogP contribution in [0.1, 0.15) is 13.8 Å². The third-order valence-corrected chi connectivity index (χ3v) is 1.78. The Hall–Kier alpha value is -1.17. The Morgan fingerprint density at radius 3 is 2.21 bits per heavy atom. The van der Waals surface area contributed by atoms with Crippen molar-refractivity contribution in [1.82, 2.24) is 4.73 Å². The number of alkyl halides is 1. The van der Waals surface area contributed by atoms with E-state index in [1.54, 1.807) is 13.8 Å². The molecule has 14 heavy (non-hydrogen) atoms. The highest BCUT2D eigenvalue weighted by Crippen LogP contribution is 2.22. The summed E-state index contributed by atoms with van der Waals surface area (Å²) in [5.41, 5.74) is 0. The van der Waals surface area contributed by atoms with Gasteiger partial charge in [0.05, 0.1) is 0 Å². The van der Waals surface area contributed by atoms with Crippen LogP contribution in [0.25, 0.3) is 0 Å². The van der Waals surface area contributed by atoms with E-state index in [9.17, 15) is 4.79 Å². The van der Waals surface area contributed by atoms with Gasteiger partial charge in [-0.15, -0.1) is 4.73 Å². The van der Waals surface area contributed by atoms with E-state index in [2.05, 4.69) is 15.9 Å². The molecule has 6 heteroatoms. The molecule has 78 valence electrons. The Kier molecular flexibility index (Phi) is 2.75. The molecule has 1 heterocycles. The molecule has 1 rings (SSSR count). The van der Waals surface area contributed by atoms with Gasteiger partial charge in [0.1, 0.15) is 4.32 Å². The van der Waals surface area contributed by atoms with E-state index in [0.717, 1.165) is 0 Å². The average molecular weight is 264 g/mol. The van der Waals surface area contributed by atoms with Crippen molar-refractivity contribution in [2.75, 3.05) is 0 Å². The van der Waals surface area contributed by atoms with Crippen molar-refractivity contribution in [1.29, 1.82) is 0 Å². The van der Waals surface area contributed by atoms with Crippen LogP contribution in [-0.2, 0) is 4.79 Å². The zero-order chi connectivity index (χ0) is 10.9. The molecular formula is C8H10BrNO4. The lowest BCUT2D eigenvalue weighted by molar-refractivity contribution is -0.147. The predicted octanol–water partition coefficient (Wildman–Crippen LogP) is 1.03. The van der Waals surface area contributed by atoms with Gasteiger partial charge in [-0.3, -0.25) is 0 Å². The fourth-order valence-corrected chi connectivity index (χ4v) is 0.759. The maximum absolute atomic E-state index is 11.3. The average Bonchev–Trinajstić information content (AvgIpc) is 2.34. The summed E-state index contributed by atoms with van der Waals surface area (Å²) in [6.07, 6.45) is 0. The Bertz CT molecular complexity index is 333. The smallest absolute Gasteiger partial charge is 0.349 e. The number of hydrogen-bond acceptors (Lipinski definition) is 4. The number of carbonyl (C=O) groups excluding carboxylic acids is 1. The van der Waals surface area contributed by atoms with Crippen molar-refractivity contribution in [3.05, 3.63) is 12.1 Å². The molecule has 0 bridgehead atoms. The Labute approximate surface area is 89.0 Å². The van der Waals surface area contributed by atoms with Crippen LogP contribution in [0.2, 0.25) is 0 Å². The maximum Gasteiger partial charge on any atom is 0.349 e. The molecule has 0 fully saturated rings. The molecule has 0 amide bonds. The van der Waals surface area contributed by atoms with Crippen molar-refractivity contribution in [3.8, 4) is 11.8 Å². The van der Waals surface area contributed by atoms with Crippen LogP contribution in [0, 0.1) is 0 Å². The summed E-state index contributed by atoms with van der Waals surface area (Å²) in [7, 11) is 0. The lowest BCUT2D eigenvalue weighted by Gasteiger charge is -2.14. The standard InChI is InChI=1S/C8H10BrNO4/c1-8(2,9)7(13)14-10-5(11)3-4-6(10)12/h3-4,11-12H,1-2H3. The first-order valence-electron chi connectivity index (χ1n) is 3.83. The van der Waals surface area contributed by atoms with E-state index in [1.165, 1.54) is 12.1 Å². The summed E-state index contributed by atoms with van der Waals surface area (Å²) < 4.78 is -0.235. The first-order valence-corrected chi connectivity index (χ1v) is 4.63. The second-order valence-electron chi connectivity index (χ2n) is 3.20. The molecule has 0 unspecified atom stereocenters. The summed E-state index contributed by atoms with van der Waals surface area (Å²) in [6, 6.07) is 2.42. The molecule has 1 aromatic rings. The maximum atomic E-state index is 11.3. The summed E-state index contributed by atoms with van der Waals surface area (Å²) in [5, 5.41) is 18.3. The van der Waals surface area contributed by atoms with Gasteiger partial charge in [-0.2, -0.15) is 0 Å². The molecule has 1 aromatic heterocycles. The van der Waals surface area contributed by atoms with E-state index in [4.69, 9.17) is 15.1 Å². The highest BCUT2D eigenvalue weighted by molar-refractivity contribution is 9.10. The molecule has 0 aromatic carbocycles. The number of halogens is 1. The van der Waals surface area contributed by atoms with E-state index in [0.29, 0.717) is 4.73 Å². The van der Waals surface area contributed by atoms with Gasteiger partial charge in [-0.1, -0.05) is 15.9 Å². The topological polar surface area (TPSA) is 71.7 Å². The molecule has 2 N–H and O–H groups in total.